The molecule has 16 heavy (non-hydrogen) atoms. The molecule has 0 radical (unpaired) electrons. The molecule has 0 atom stereocenters. The Hall–Kier alpha value is -1.13. The molecule has 3 nitrogen and oxygen atoms in total. The van der Waals surface area contributed by atoms with Gasteiger partial charge in [-0.25, -0.2) is 4.98 Å². The number of thiazole rings is 1. The third-order valence-electron chi connectivity index (χ3n) is 2.97. The SMILES string of the molecule is Cc1occc1-c1nc(C2CC2)c(CN)s1. The van der Waals surface area contributed by atoms with Gasteiger partial charge in [0.1, 0.15) is 10.8 Å². The Morgan fingerprint density at radius 3 is 2.94 bits per heavy atom. The summed E-state index contributed by atoms with van der Waals surface area (Å²) < 4.78 is 5.31. The molecule has 1 aliphatic rings. The van der Waals surface area contributed by atoms with Crippen LogP contribution in [0.25, 0.3) is 10.6 Å². The highest BCUT2D eigenvalue weighted by Gasteiger charge is 2.29. The normalized spacial score (nSPS) is 15.6. The molecule has 0 amide bonds. The van der Waals surface area contributed by atoms with Crippen LogP contribution < -0.4 is 5.73 Å². The number of aryl methyl sites for hydroxylation is 1. The largest absolute Gasteiger partial charge is 0.469 e. The zero-order valence-electron chi connectivity index (χ0n) is 9.19. The van der Waals surface area contributed by atoms with Crippen molar-refractivity contribution in [3.63, 3.8) is 0 Å². The van der Waals surface area contributed by atoms with Crippen LogP contribution in [0.3, 0.4) is 0 Å². The van der Waals surface area contributed by atoms with Crippen molar-refractivity contribution in [1.82, 2.24) is 4.98 Å². The summed E-state index contributed by atoms with van der Waals surface area (Å²) in [5.74, 6) is 1.59. The molecule has 1 aliphatic carbocycles. The van der Waals surface area contributed by atoms with Gasteiger partial charge < -0.3 is 10.2 Å². The third kappa shape index (κ3) is 1.58. The Morgan fingerprint density at radius 1 is 1.56 bits per heavy atom. The van der Waals surface area contributed by atoms with Crippen LogP contribution in [-0.2, 0) is 6.54 Å². The van der Waals surface area contributed by atoms with Crippen molar-refractivity contribution in [2.75, 3.05) is 0 Å². The van der Waals surface area contributed by atoms with E-state index >= 15 is 0 Å². The van der Waals surface area contributed by atoms with Gasteiger partial charge in [-0.1, -0.05) is 0 Å². The molecule has 0 unspecified atom stereocenters. The van der Waals surface area contributed by atoms with Crippen molar-refractivity contribution in [2.45, 2.75) is 32.2 Å². The average molecular weight is 234 g/mol. The first kappa shape index (κ1) is 10.1. The third-order valence-corrected chi connectivity index (χ3v) is 4.09. The van der Waals surface area contributed by atoms with Crippen LogP contribution in [0.2, 0.25) is 0 Å². The molecule has 0 aliphatic heterocycles. The van der Waals surface area contributed by atoms with Gasteiger partial charge in [-0.15, -0.1) is 11.3 Å². The summed E-state index contributed by atoms with van der Waals surface area (Å²) in [5, 5.41) is 1.05. The number of furan rings is 1. The lowest BCUT2D eigenvalue weighted by molar-refractivity contribution is 0.535. The highest BCUT2D eigenvalue weighted by molar-refractivity contribution is 7.15. The van der Waals surface area contributed by atoms with Crippen LogP contribution >= 0.6 is 11.3 Å². The Balaban J connectivity index is 2.05. The highest BCUT2D eigenvalue weighted by atomic mass is 32.1. The first-order valence-corrected chi connectivity index (χ1v) is 6.35. The van der Waals surface area contributed by atoms with Gasteiger partial charge in [-0.05, 0) is 25.8 Å². The maximum absolute atomic E-state index is 5.77. The lowest BCUT2D eigenvalue weighted by Crippen LogP contribution is -1.96. The molecule has 0 aromatic carbocycles. The maximum Gasteiger partial charge on any atom is 0.127 e. The van der Waals surface area contributed by atoms with E-state index in [-0.39, 0.29) is 0 Å². The first-order chi connectivity index (χ1) is 7.79. The van der Waals surface area contributed by atoms with Crippen molar-refractivity contribution in [1.29, 1.82) is 0 Å². The molecule has 0 saturated heterocycles. The number of hydrogen-bond acceptors (Lipinski definition) is 4. The van der Waals surface area contributed by atoms with E-state index in [1.54, 1.807) is 17.6 Å². The fraction of sp³-hybridized carbons (Fsp3) is 0.417. The summed E-state index contributed by atoms with van der Waals surface area (Å²) in [4.78, 5) is 5.96. The Labute approximate surface area is 98.3 Å². The molecule has 1 fully saturated rings. The van der Waals surface area contributed by atoms with E-state index in [4.69, 9.17) is 15.1 Å². The summed E-state index contributed by atoms with van der Waals surface area (Å²) in [7, 11) is 0. The topological polar surface area (TPSA) is 52.0 Å². The number of rotatable bonds is 3. The lowest BCUT2D eigenvalue weighted by atomic mass is 10.2. The second-order valence-corrected chi connectivity index (χ2v) is 5.28. The molecule has 2 heterocycles. The molecule has 2 aromatic heterocycles. The van der Waals surface area contributed by atoms with Crippen molar-refractivity contribution in [3.05, 3.63) is 28.7 Å². The summed E-state index contributed by atoms with van der Waals surface area (Å²) in [5.41, 5.74) is 8.10. The van der Waals surface area contributed by atoms with Crippen LogP contribution in [0.5, 0.6) is 0 Å². The number of hydrogen-bond donors (Lipinski definition) is 1. The zero-order valence-corrected chi connectivity index (χ0v) is 10.0. The summed E-state index contributed by atoms with van der Waals surface area (Å²) in [6.07, 6.45) is 4.24. The highest BCUT2D eigenvalue weighted by Crippen LogP contribution is 2.44. The summed E-state index contributed by atoms with van der Waals surface area (Å²) in [6, 6.07) is 1.98. The predicted octanol–water partition coefficient (Wildman–Crippen LogP) is 3.05. The van der Waals surface area contributed by atoms with Crippen LogP contribution in [0.1, 0.15) is 35.1 Å². The molecule has 2 N–H and O–H groups in total. The smallest absolute Gasteiger partial charge is 0.127 e. The van der Waals surface area contributed by atoms with Gasteiger partial charge in [0, 0.05) is 17.3 Å². The Bertz CT molecular complexity index is 511. The zero-order chi connectivity index (χ0) is 11.1. The van der Waals surface area contributed by atoms with Crippen LogP contribution in [0.15, 0.2) is 16.7 Å². The van der Waals surface area contributed by atoms with E-state index in [1.807, 2.05) is 13.0 Å². The fourth-order valence-corrected chi connectivity index (χ4v) is 3.01. The Kier molecular flexibility index (Phi) is 2.33. The van der Waals surface area contributed by atoms with Crippen molar-refractivity contribution >= 4 is 11.3 Å². The van der Waals surface area contributed by atoms with E-state index in [0.717, 1.165) is 16.3 Å². The molecule has 0 bridgehead atoms. The van der Waals surface area contributed by atoms with E-state index in [9.17, 15) is 0 Å². The predicted molar refractivity (Wildman–Crippen MR) is 64.4 cm³/mol. The van der Waals surface area contributed by atoms with E-state index in [2.05, 4.69) is 0 Å². The van der Waals surface area contributed by atoms with Gasteiger partial charge in [0.25, 0.3) is 0 Å². The fourth-order valence-electron chi connectivity index (χ4n) is 1.91. The lowest BCUT2D eigenvalue weighted by Gasteiger charge is -1.93. The minimum Gasteiger partial charge on any atom is -0.469 e. The molecule has 0 spiro atoms. The summed E-state index contributed by atoms with van der Waals surface area (Å²) >= 11 is 1.70. The van der Waals surface area contributed by atoms with Gasteiger partial charge in [-0.3, -0.25) is 0 Å². The Morgan fingerprint density at radius 2 is 2.38 bits per heavy atom. The molecule has 3 rings (SSSR count). The summed E-state index contributed by atoms with van der Waals surface area (Å²) in [6.45, 7) is 2.57. The number of aromatic nitrogens is 1. The van der Waals surface area contributed by atoms with Gasteiger partial charge in [0.05, 0.1) is 17.5 Å². The van der Waals surface area contributed by atoms with Gasteiger partial charge in [-0.2, -0.15) is 0 Å². The second kappa shape index (κ2) is 3.71. The number of nitrogens with zero attached hydrogens (tertiary/aromatic N) is 1. The standard InChI is InChI=1S/C12H14N2OS/c1-7-9(4-5-15-7)12-14-11(8-2-3-8)10(6-13)16-12/h4-5,8H,2-3,6,13H2,1H3. The maximum atomic E-state index is 5.77. The first-order valence-electron chi connectivity index (χ1n) is 5.53. The van der Waals surface area contributed by atoms with Crippen molar-refractivity contribution < 1.29 is 4.42 Å². The van der Waals surface area contributed by atoms with Gasteiger partial charge >= 0.3 is 0 Å². The van der Waals surface area contributed by atoms with Crippen LogP contribution in [-0.4, -0.2) is 4.98 Å². The molecule has 84 valence electrons. The van der Waals surface area contributed by atoms with Crippen molar-refractivity contribution in [3.8, 4) is 10.6 Å². The molecule has 1 saturated carbocycles. The minimum absolute atomic E-state index is 0.598. The van der Waals surface area contributed by atoms with E-state index in [1.165, 1.54) is 23.4 Å². The molecule has 4 heteroatoms. The molecular formula is C12H14N2OS. The van der Waals surface area contributed by atoms with E-state index < -0.39 is 0 Å². The van der Waals surface area contributed by atoms with Crippen molar-refractivity contribution in [2.24, 2.45) is 5.73 Å². The average Bonchev–Trinajstić information content (AvgIpc) is 2.90. The van der Waals surface area contributed by atoms with E-state index in [0.29, 0.717) is 12.5 Å². The van der Waals surface area contributed by atoms with Crippen LogP contribution in [0, 0.1) is 6.92 Å². The van der Waals surface area contributed by atoms with Gasteiger partial charge in [0.2, 0.25) is 0 Å². The molecule has 2 aromatic rings. The van der Waals surface area contributed by atoms with Crippen LogP contribution in [0.4, 0.5) is 0 Å². The quantitative estimate of drug-likeness (QED) is 0.888. The number of nitrogens with two attached hydrogens (primary N) is 1. The second-order valence-electron chi connectivity index (χ2n) is 4.20. The van der Waals surface area contributed by atoms with Gasteiger partial charge in [0.15, 0.2) is 0 Å². The monoisotopic (exact) mass is 234 g/mol. The minimum atomic E-state index is 0.598. The molecular weight excluding hydrogens is 220 g/mol.